The average molecular weight is 445 g/mol. The quantitative estimate of drug-likeness (QED) is 0.406. The lowest BCUT2D eigenvalue weighted by Gasteiger charge is -2.16. The molecule has 1 amide bonds. The zero-order chi connectivity index (χ0) is 22.5. The summed E-state index contributed by atoms with van der Waals surface area (Å²) < 4.78 is 0. The molecule has 2 heterocycles. The fourth-order valence-corrected chi connectivity index (χ4v) is 4.24. The lowest BCUT2D eigenvalue weighted by Crippen LogP contribution is -2.25. The summed E-state index contributed by atoms with van der Waals surface area (Å²) in [5.41, 5.74) is 3.44. The van der Waals surface area contributed by atoms with Crippen LogP contribution in [0.5, 0.6) is 0 Å². The second kappa shape index (κ2) is 9.72. The summed E-state index contributed by atoms with van der Waals surface area (Å²) in [5, 5.41) is 13.0. The molecule has 162 valence electrons. The van der Waals surface area contributed by atoms with E-state index in [9.17, 15) is 9.90 Å². The Balaban J connectivity index is 1.48. The molecule has 0 fully saturated rings. The molecule has 0 aliphatic heterocycles. The third-order valence-electron chi connectivity index (χ3n) is 4.96. The van der Waals surface area contributed by atoms with E-state index in [1.165, 1.54) is 11.3 Å². The van der Waals surface area contributed by atoms with Gasteiger partial charge >= 0.3 is 0 Å². The molecule has 0 aliphatic rings. The van der Waals surface area contributed by atoms with Crippen LogP contribution in [0.2, 0.25) is 0 Å². The molecule has 4 aromatic rings. The summed E-state index contributed by atoms with van der Waals surface area (Å²) in [6, 6.07) is 23.0. The van der Waals surface area contributed by atoms with E-state index in [1.54, 1.807) is 18.0 Å². The van der Waals surface area contributed by atoms with Crippen molar-refractivity contribution in [2.75, 3.05) is 12.4 Å². The minimum Gasteiger partial charge on any atom is -0.389 e. The first-order valence-corrected chi connectivity index (χ1v) is 11.1. The number of aliphatic hydroxyl groups excluding tert-OH is 1. The van der Waals surface area contributed by atoms with Gasteiger partial charge < -0.3 is 15.3 Å². The van der Waals surface area contributed by atoms with Crippen LogP contribution in [0.3, 0.4) is 0 Å². The van der Waals surface area contributed by atoms with Crippen LogP contribution in [0.25, 0.3) is 10.6 Å². The Kier molecular flexibility index (Phi) is 6.58. The maximum absolute atomic E-state index is 12.9. The van der Waals surface area contributed by atoms with Crippen LogP contribution in [0.15, 0.2) is 79.0 Å². The number of carbonyl (C=O) groups is 1. The molecule has 0 bridgehead atoms. The highest BCUT2D eigenvalue weighted by molar-refractivity contribution is 7.17. The second-order valence-electron chi connectivity index (χ2n) is 7.50. The van der Waals surface area contributed by atoms with Crippen LogP contribution in [0, 0.1) is 0 Å². The topological polar surface area (TPSA) is 78.3 Å². The van der Waals surface area contributed by atoms with Crippen LogP contribution in [0.4, 0.5) is 11.6 Å². The standard InChI is InChI=1S/C25H24N4O2S/c1-17(30)19-9-6-10-20(15-19)27-25-26-14-13-21(28-25)22-11-12-23(32-22)24(31)29(2)16-18-7-4-3-5-8-18/h3-15,17,30H,16H2,1-2H3,(H,26,27,28). The molecule has 2 aromatic heterocycles. The van der Waals surface area contributed by atoms with Gasteiger partial charge in [-0.2, -0.15) is 0 Å². The Bertz CT molecular complexity index is 1210. The maximum atomic E-state index is 12.9. The van der Waals surface area contributed by atoms with Gasteiger partial charge in [0.2, 0.25) is 5.95 Å². The fraction of sp³-hybridized carbons (Fsp3) is 0.160. The van der Waals surface area contributed by atoms with Gasteiger partial charge in [0.05, 0.1) is 21.6 Å². The Labute approximate surface area is 191 Å². The minimum atomic E-state index is -0.550. The molecule has 0 spiro atoms. The number of aromatic nitrogens is 2. The molecule has 0 saturated heterocycles. The number of amides is 1. The molecular formula is C25H24N4O2S. The van der Waals surface area contributed by atoms with Crippen molar-refractivity contribution < 1.29 is 9.90 Å². The molecule has 1 unspecified atom stereocenters. The summed E-state index contributed by atoms with van der Waals surface area (Å²) in [4.78, 5) is 25.0. The van der Waals surface area contributed by atoms with E-state index in [1.807, 2.05) is 79.8 Å². The largest absolute Gasteiger partial charge is 0.389 e. The van der Waals surface area contributed by atoms with E-state index < -0.39 is 6.10 Å². The molecule has 1 atom stereocenters. The third kappa shape index (κ3) is 5.19. The molecule has 4 rings (SSSR count). The first-order chi connectivity index (χ1) is 15.5. The SMILES string of the molecule is CC(O)c1cccc(Nc2nccc(-c3ccc(C(=O)N(C)Cc4ccccc4)s3)n2)c1. The number of hydrogen-bond acceptors (Lipinski definition) is 6. The van der Waals surface area contributed by atoms with Crippen molar-refractivity contribution in [2.24, 2.45) is 0 Å². The summed E-state index contributed by atoms with van der Waals surface area (Å²) >= 11 is 1.41. The monoisotopic (exact) mass is 444 g/mol. The Morgan fingerprint density at radius 1 is 1.09 bits per heavy atom. The lowest BCUT2D eigenvalue weighted by molar-refractivity contribution is 0.0790. The predicted octanol–water partition coefficient (Wildman–Crippen LogP) is 5.27. The number of nitrogens with zero attached hydrogens (tertiary/aromatic N) is 3. The molecule has 2 N–H and O–H groups in total. The Morgan fingerprint density at radius 3 is 2.69 bits per heavy atom. The van der Waals surface area contributed by atoms with Gasteiger partial charge in [-0.05, 0) is 48.4 Å². The number of nitrogens with one attached hydrogen (secondary N) is 1. The van der Waals surface area contributed by atoms with E-state index in [0.717, 1.165) is 27.4 Å². The third-order valence-corrected chi connectivity index (χ3v) is 6.06. The Hall–Kier alpha value is -3.55. The number of carbonyl (C=O) groups excluding carboxylic acids is 1. The molecular weight excluding hydrogens is 420 g/mol. The molecule has 7 heteroatoms. The van der Waals surface area contributed by atoms with Crippen molar-refractivity contribution >= 4 is 28.9 Å². The van der Waals surface area contributed by atoms with Gasteiger partial charge in [-0.3, -0.25) is 4.79 Å². The van der Waals surface area contributed by atoms with E-state index in [4.69, 9.17) is 0 Å². The summed E-state index contributed by atoms with van der Waals surface area (Å²) in [7, 11) is 1.81. The molecule has 2 aromatic carbocycles. The van der Waals surface area contributed by atoms with Gasteiger partial charge in [0.1, 0.15) is 0 Å². The number of thiophene rings is 1. The highest BCUT2D eigenvalue weighted by Gasteiger charge is 2.16. The summed E-state index contributed by atoms with van der Waals surface area (Å²) in [6.07, 6.45) is 1.14. The number of aliphatic hydroxyl groups is 1. The van der Waals surface area contributed by atoms with Gasteiger partial charge in [0.25, 0.3) is 5.91 Å². The number of anilines is 2. The molecule has 0 radical (unpaired) electrons. The van der Waals surface area contributed by atoms with Crippen LogP contribution in [-0.4, -0.2) is 32.9 Å². The zero-order valence-electron chi connectivity index (χ0n) is 17.9. The van der Waals surface area contributed by atoms with Crippen molar-refractivity contribution in [3.8, 4) is 10.6 Å². The summed E-state index contributed by atoms with van der Waals surface area (Å²) in [5.74, 6) is 0.431. The average Bonchev–Trinajstić information content (AvgIpc) is 3.30. The number of rotatable bonds is 7. The zero-order valence-corrected chi connectivity index (χ0v) is 18.7. The van der Waals surface area contributed by atoms with Gasteiger partial charge in [-0.15, -0.1) is 11.3 Å². The van der Waals surface area contributed by atoms with E-state index >= 15 is 0 Å². The van der Waals surface area contributed by atoms with Crippen molar-refractivity contribution in [1.29, 1.82) is 0 Å². The molecule has 32 heavy (non-hydrogen) atoms. The minimum absolute atomic E-state index is 0.0209. The Morgan fingerprint density at radius 2 is 1.91 bits per heavy atom. The van der Waals surface area contributed by atoms with E-state index in [0.29, 0.717) is 17.4 Å². The first kappa shape index (κ1) is 21.7. The smallest absolute Gasteiger partial charge is 0.263 e. The normalized spacial score (nSPS) is 11.7. The highest BCUT2D eigenvalue weighted by atomic mass is 32.1. The van der Waals surface area contributed by atoms with Crippen molar-refractivity contribution in [3.63, 3.8) is 0 Å². The van der Waals surface area contributed by atoms with Crippen LogP contribution in [0.1, 0.15) is 33.8 Å². The maximum Gasteiger partial charge on any atom is 0.263 e. The van der Waals surface area contributed by atoms with Gasteiger partial charge in [-0.25, -0.2) is 9.97 Å². The number of benzene rings is 2. The van der Waals surface area contributed by atoms with Gasteiger partial charge in [0, 0.05) is 25.5 Å². The van der Waals surface area contributed by atoms with Crippen LogP contribution in [-0.2, 0) is 6.54 Å². The number of hydrogen-bond donors (Lipinski definition) is 2. The van der Waals surface area contributed by atoms with Gasteiger partial charge in [-0.1, -0.05) is 42.5 Å². The highest BCUT2D eigenvalue weighted by Crippen LogP contribution is 2.28. The van der Waals surface area contributed by atoms with Crippen LogP contribution < -0.4 is 5.32 Å². The molecule has 0 aliphatic carbocycles. The van der Waals surface area contributed by atoms with E-state index in [-0.39, 0.29) is 5.91 Å². The van der Waals surface area contributed by atoms with Crippen LogP contribution >= 0.6 is 11.3 Å². The van der Waals surface area contributed by atoms with E-state index in [2.05, 4.69) is 15.3 Å². The summed E-state index contributed by atoms with van der Waals surface area (Å²) in [6.45, 7) is 2.28. The molecule has 0 saturated carbocycles. The first-order valence-electron chi connectivity index (χ1n) is 10.3. The van der Waals surface area contributed by atoms with Gasteiger partial charge in [0.15, 0.2) is 0 Å². The van der Waals surface area contributed by atoms with Crippen molar-refractivity contribution in [1.82, 2.24) is 14.9 Å². The fourth-order valence-electron chi connectivity index (χ4n) is 3.27. The van der Waals surface area contributed by atoms with Crippen molar-refractivity contribution in [3.05, 3.63) is 95.0 Å². The second-order valence-corrected chi connectivity index (χ2v) is 8.59. The lowest BCUT2D eigenvalue weighted by atomic mass is 10.1. The molecule has 6 nitrogen and oxygen atoms in total. The predicted molar refractivity (Wildman–Crippen MR) is 128 cm³/mol. The van der Waals surface area contributed by atoms with Crippen molar-refractivity contribution in [2.45, 2.75) is 19.6 Å².